The fourth-order valence-electron chi connectivity index (χ4n) is 9.18. The van der Waals surface area contributed by atoms with Gasteiger partial charge in [-0.3, -0.25) is 33.9 Å². The Morgan fingerprint density at radius 3 is 2.32 bits per heavy atom. The van der Waals surface area contributed by atoms with E-state index in [1.165, 1.54) is 60.8 Å². The zero-order chi connectivity index (χ0) is 52.1. The smallest absolute Gasteiger partial charge is 0.336 e. The number of ether oxygens (including phenoxy) is 1. The zero-order valence-corrected chi connectivity index (χ0v) is 39.6. The van der Waals surface area contributed by atoms with Crippen LogP contribution in [-0.4, -0.2) is 130 Å². The topological polar surface area (TPSA) is 236 Å². The molecule has 17 nitrogen and oxygen atoms in total. The second-order valence-corrected chi connectivity index (χ2v) is 17.9. The molecule has 4 aromatic carbocycles. The summed E-state index contributed by atoms with van der Waals surface area (Å²) in [4.78, 5) is 86.3. The van der Waals surface area contributed by atoms with Crippen LogP contribution in [0.15, 0.2) is 119 Å². The molecule has 4 N–H and O–H groups in total. The number of halogens is 2. The summed E-state index contributed by atoms with van der Waals surface area (Å²) in [6.45, 7) is 1.74. The Balaban J connectivity index is 0.723. The van der Waals surface area contributed by atoms with Gasteiger partial charge >= 0.3 is 5.97 Å². The third-order valence-corrected chi connectivity index (χ3v) is 13.0. The summed E-state index contributed by atoms with van der Waals surface area (Å²) in [5.74, 6) is -5.85. The van der Waals surface area contributed by atoms with E-state index in [2.05, 4.69) is 20.5 Å². The first kappa shape index (κ1) is 49.9. The molecule has 0 spiro atoms. The van der Waals surface area contributed by atoms with Gasteiger partial charge in [-0.15, -0.1) is 0 Å². The van der Waals surface area contributed by atoms with Crippen LogP contribution in [0.2, 0.25) is 0 Å². The number of carbonyl (C=O) groups is 5. The molecule has 2 fully saturated rings. The minimum Gasteiger partial charge on any atom is -0.508 e. The molecule has 0 radical (unpaired) electrons. The fraction of sp³-hybridized carbons (Fsp3) is 0.236. The number of phenols is 1. The van der Waals surface area contributed by atoms with Gasteiger partial charge in [0.15, 0.2) is 5.43 Å². The molecule has 2 saturated heterocycles. The van der Waals surface area contributed by atoms with E-state index >= 15 is 0 Å². The standard InChI is InChI=1S/C55H47F2N7O10/c56-55(57)28-36(29-58)64(32-55)50(68)31-61-53(70)40-16-17-59-46-15-6-34(24-44(40)46)3-2-33-4-10-39(11-5-33)73-23-1-18-62-19-21-63(22-20-62)49(67)30-60-52(69)35-7-12-41(54(71)72)45(25-35)51-42-13-8-37(65)26-47(42)74-48-27-38(66)9-14-43(48)51/h2-17,24-27,36,65H,1,18-23,28,30-32H2,(H,60,69)(H,61,70)(H,71,72)/b3-2+/t36-/m0/s1. The number of carboxylic acids is 1. The van der Waals surface area contributed by atoms with Gasteiger partial charge in [-0.1, -0.05) is 30.4 Å². The van der Waals surface area contributed by atoms with Crippen molar-refractivity contribution in [2.24, 2.45) is 0 Å². The number of amides is 4. The minimum absolute atomic E-state index is 0.0990. The number of benzene rings is 5. The van der Waals surface area contributed by atoms with Crippen LogP contribution in [0.5, 0.6) is 11.5 Å². The summed E-state index contributed by atoms with van der Waals surface area (Å²) in [5.41, 5.74) is 3.34. The largest absolute Gasteiger partial charge is 0.508 e. The normalized spacial score (nSPS) is 15.6. The van der Waals surface area contributed by atoms with Crippen LogP contribution in [0.25, 0.3) is 56.5 Å². The van der Waals surface area contributed by atoms with Crippen LogP contribution in [0, 0.1) is 11.3 Å². The molecule has 19 heteroatoms. The van der Waals surface area contributed by atoms with E-state index < -0.39 is 55.2 Å². The van der Waals surface area contributed by atoms with E-state index in [9.17, 15) is 53.0 Å². The Hall–Kier alpha value is -9.02. The van der Waals surface area contributed by atoms with Gasteiger partial charge < -0.3 is 39.8 Å². The summed E-state index contributed by atoms with van der Waals surface area (Å²) in [6, 6.07) is 27.5. The number of piperazine rings is 1. The maximum atomic E-state index is 13.9. The number of hydrogen-bond acceptors (Lipinski definition) is 12. The number of nitriles is 1. The number of rotatable bonds is 15. The minimum atomic E-state index is -3.16. The summed E-state index contributed by atoms with van der Waals surface area (Å²) < 4.78 is 39.6. The number of carboxylic acid groups (broad SMARTS) is 1. The molecule has 9 rings (SSSR count). The molecule has 4 aliphatic rings. The van der Waals surface area contributed by atoms with E-state index in [1.807, 2.05) is 42.5 Å². The number of aromatic hydroxyl groups is 1. The summed E-state index contributed by atoms with van der Waals surface area (Å²) in [6.07, 6.45) is 5.24. The van der Waals surface area contributed by atoms with Crippen LogP contribution in [0.3, 0.4) is 0 Å². The number of fused-ring (bicyclic) bond motifs is 3. The Bertz CT molecular complexity index is 3440. The van der Waals surface area contributed by atoms with Crippen molar-refractivity contribution in [2.45, 2.75) is 24.8 Å². The average molecular weight is 1000 g/mol. The van der Waals surface area contributed by atoms with Gasteiger partial charge in [-0.05, 0) is 95.9 Å². The lowest BCUT2D eigenvalue weighted by molar-refractivity contribution is -0.132. The predicted molar refractivity (Wildman–Crippen MR) is 269 cm³/mol. The third kappa shape index (κ3) is 11.2. The Morgan fingerprint density at radius 1 is 0.811 bits per heavy atom. The van der Waals surface area contributed by atoms with Crippen molar-refractivity contribution in [1.29, 1.82) is 5.26 Å². The number of phenolic OH excluding ortho intramolecular Hbond substituents is 1. The van der Waals surface area contributed by atoms with Crippen molar-refractivity contribution in [2.75, 3.05) is 59.0 Å². The maximum absolute atomic E-state index is 13.9. The fourth-order valence-corrected chi connectivity index (χ4v) is 9.18. The number of pyridine rings is 1. The van der Waals surface area contributed by atoms with Crippen molar-refractivity contribution < 1.29 is 52.1 Å². The number of alkyl halides is 2. The highest BCUT2D eigenvalue weighted by atomic mass is 19.3. The van der Waals surface area contributed by atoms with Crippen LogP contribution < -0.4 is 20.8 Å². The van der Waals surface area contributed by atoms with Gasteiger partial charge in [0.1, 0.15) is 28.9 Å². The summed E-state index contributed by atoms with van der Waals surface area (Å²) in [7, 11) is 0. The molecule has 0 saturated carbocycles. The molecule has 5 aromatic rings. The number of aromatic carboxylic acids is 1. The van der Waals surface area contributed by atoms with Crippen molar-refractivity contribution in [3.05, 3.63) is 147 Å². The Kier molecular flexibility index (Phi) is 14.4. The van der Waals surface area contributed by atoms with Gasteiger partial charge in [-0.2, -0.15) is 5.26 Å². The summed E-state index contributed by atoms with van der Waals surface area (Å²) >= 11 is 0. The number of aromatic nitrogens is 1. The van der Waals surface area contributed by atoms with E-state index in [4.69, 9.17) is 9.15 Å². The number of nitrogens with one attached hydrogen (secondary N) is 2. The van der Waals surface area contributed by atoms with Crippen molar-refractivity contribution in [3.8, 4) is 40.0 Å². The highest BCUT2D eigenvalue weighted by Gasteiger charge is 2.47. The lowest BCUT2D eigenvalue weighted by Crippen LogP contribution is -2.51. The van der Waals surface area contributed by atoms with Gasteiger partial charge in [0.05, 0.1) is 49.0 Å². The van der Waals surface area contributed by atoms with E-state index in [-0.39, 0.29) is 57.2 Å². The van der Waals surface area contributed by atoms with E-state index in [0.29, 0.717) is 66.0 Å². The first-order valence-electron chi connectivity index (χ1n) is 23.6. The summed E-state index contributed by atoms with van der Waals surface area (Å²) in [5, 5.41) is 35.7. The number of hydrogen-bond donors (Lipinski definition) is 4. The van der Waals surface area contributed by atoms with Crippen molar-refractivity contribution >= 4 is 63.6 Å². The van der Waals surface area contributed by atoms with Crippen LogP contribution in [-0.2, 0) is 9.59 Å². The molecule has 1 atom stereocenters. The van der Waals surface area contributed by atoms with E-state index in [0.717, 1.165) is 29.0 Å². The molecule has 0 bridgehead atoms. The zero-order valence-electron chi connectivity index (χ0n) is 39.6. The highest BCUT2D eigenvalue weighted by Crippen LogP contribution is 2.42. The molecular formula is C55H47F2N7O10. The molecule has 1 aromatic heterocycles. The second-order valence-electron chi connectivity index (χ2n) is 17.9. The van der Waals surface area contributed by atoms with Gasteiger partial charge in [0.25, 0.3) is 17.7 Å². The first-order chi connectivity index (χ1) is 35.6. The molecule has 4 heterocycles. The molecule has 74 heavy (non-hydrogen) atoms. The Morgan fingerprint density at radius 2 is 1.55 bits per heavy atom. The lowest BCUT2D eigenvalue weighted by atomic mass is 9.89. The van der Waals surface area contributed by atoms with Gasteiger partial charge in [0.2, 0.25) is 11.8 Å². The molecule has 1 aliphatic carbocycles. The number of nitrogens with zero attached hydrogens (tertiary/aromatic N) is 5. The first-order valence-corrected chi connectivity index (χ1v) is 23.6. The van der Waals surface area contributed by atoms with Crippen molar-refractivity contribution in [3.63, 3.8) is 0 Å². The third-order valence-electron chi connectivity index (χ3n) is 13.0. The van der Waals surface area contributed by atoms with E-state index in [1.54, 1.807) is 29.2 Å². The molecular weight excluding hydrogens is 957 g/mol. The van der Waals surface area contributed by atoms with Crippen LogP contribution in [0.1, 0.15) is 55.0 Å². The highest BCUT2D eigenvalue weighted by molar-refractivity contribution is 6.10. The molecule has 3 aliphatic heterocycles. The monoisotopic (exact) mass is 1000 g/mol. The lowest BCUT2D eigenvalue weighted by Gasteiger charge is -2.34. The maximum Gasteiger partial charge on any atom is 0.336 e. The van der Waals surface area contributed by atoms with Crippen molar-refractivity contribution in [1.82, 2.24) is 30.3 Å². The van der Waals surface area contributed by atoms with Gasteiger partial charge in [0, 0.05) is 84.9 Å². The molecule has 376 valence electrons. The van der Waals surface area contributed by atoms with Gasteiger partial charge in [-0.25, -0.2) is 13.6 Å². The predicted octanol–water partition coefficient (Wildman–Crippen LogP) is 6.52. The van der Waals surface area contributed by atoms with Crippen LogP contribution in [0.4, 0.5) is 8.78 Å². The van der Waals surface area contributed by atoms with Crippen LogP contribution >= 0.6 is 0 Å². The number of likely N-dealkylation sites (tertiary alicyclic amines) is 1. The average Bonchev–Trinajstić information content (AvgIpc) is 3.73. The second kappa shape index (κ2) is 21.4. The molecule has 0 unspecified atom stereocenters. The quantitative estimate of drug-likeness (QED) is 0.0487. The SMILES string of the molecule is N#C[C@@H]1CC(F)(F)CN1C(=O)CNC(=O)c1ccnc2ccc(/C=C/c3ccc(OCCCN4CCN(C(=O)CNC(=O)c5ccc(C(=O)O)c(-c6c7ccc(=O)cc-7oc7cc(O)ccc67)c5)CC4)cc3)cc12. The Labute approximate surface area is 421 Å². The molecule has 4 amide bonds. The number of carbonyl (C=O) groups excluding carboxylic acids is 4.